The van der Waals surface area contributed by atoms with Gasteiger partial charge in [0, 0.05) is 6.61 Å². The van der Waals surface area contributed by atoms with Crippen LogP contribution in [-0.2, 0) is 0 Å². The number of nitro groups is 1. The highest BCUT2D eigenvalue weighted by Gasteiger charge is 2.14. The molecule has 0 aliphatic heterocycles. The first-order valence-electron chi connectivity index (χ1n) is 4.47. The Morgan fingerprint density at radius 2 is 2.27 bits per heavy atom. The molecule has 5 heteroatoms. The van der Waals surface area contributed by atoms with Gasteiger partial charge in [-0.1, -0.05) is 18.2 Å². The van der Waals surface area contributed by atoms with E-state index in [0.29, 0.717) is 12.0 Å². The number of nitrogen functional groups attached to an aromatic ring is 1. The van der Waals surface area contributed by atoms with Crippen molar-refractivity contribution in [3.63, 3.8) is 0 Å². The molecule has 0 aromatic heterocycles. The van der Waals surface area contributed by atoms with Gasteiger partial charge < -0.3 is 10.8 Å². The maximum absolute atomic E-state index is 10.7. The number of aliphatic hydroxyl groups is 1. The van der Waals surface area contributed by atoms with Crippen LogP contribution in [0.25, 0.3) is 6.08 Å². The summed E-state index contributed by atoms with van der Waals surface area (Å²) in [5.74, 6) is 0. The average Bonchev–Trinajstić information content (AvgIpc) is 2.17. The van der Waals surface area contributed by atoms with Gasteiger partial charge in [0.1, 0.15) is 5.69 Å². The van der Waals surface area contributed by atoms with E-state index in [1.165, 1.54) is 6.07 Å². The van der Waals surface area contributed by atoms with E-state index in [4.69, 9.17) is 10.8 Å². The average molecular weight is 208 g/mol. The van der Waals surface area contributed by atoms with Crippen LogP contribution in [-0.4, -0.2) is 16.6 Å². The molecule has 0 heterocycles. The SMILES string of the molecule is Nc1cccc(C=CCCO)c1[N+](=O)[O-]. The smallest absolute Gasteiger partial charge is 0.299 e. The highest BCUT2D eigenvalue weighted by Crippen LogP contribution is 2.26. The fraction of sp³-hybridized carbons (Fsp3) is 0.200. The topological polar surface area (TPSA) is 89.4 Å². The van der Waals surface area contributed by atoms with E-state index < -0.39 is 4.92 Å². The molecule has 1 aromatic carbocycles. The molecule has 1 rings (SSSR count). The molecule has 15 heavy (non-hydrogen) atoms. The van der Waals surface area contributed by atoms with E-state index in [1.54, 1.807) is 24.3 Å². The normalized spacial score (nSPS) is 10.7. The first-order chi connectivity index (χ1) is 7.16. The minimum absolute atomic E-state index is 0.0204. The van der Waals surface area contributed by atoms with Gasteiger partial charge in [0.2, 0.25) is 0 Å². The lowest BCUT2D eigenvalue weighted by Crippen LogP contribution is -1.97. The summed E-state index contributed by atoms with van der Waals surface area (Å²) >= 11 is 0. The van der Waals surface area contributed by atoms with Gasteiger partial charge in [-0.15, -0.1) is 0 Å². The van der Waals surface area contributed by atoms with Gasteiger partial charge in [-0.2, -0.15) is 0 Å². The molecule has 1 aromatic rings. The third-order valence-electron chi connectivity index (χ3n) is 1.87. The molecular formula is C10H12N2O3. The van der Waals surface area contributed by atoms with Gasteiger partial charge in [-0.25, -0.2) is 0 Å². The minimum Gasteiger partial charge on any atom is -0.396 e. The Bertz CT molecular complexity index is 388. The number of nitrogens with two attached hydrogens (primary N) is 1. The third-order valence-corrected chi connectivity index (χ3v) is 1.87. The molecule has 0 spiro atoms. The molecule has 0 aliphatic rings. The van der Waals surface area contributed by atoms with Gasteiger partial charge >= 0.3 is 0 Å². The number of rotatable bonds is 4. The van der Waals surface area contributed by atoms with Crippen molar-refractivity contribution in [1.29, 1.82) is 0 Å². The van der Waals surface area contributed by atoms with Gasteiger partial charge in [0.15, 0.2) is 0 Å². The summed E-state index contributed by atoms with van der Waals surface area (Å²) in [6, 6.07) is 4.75. The number of benzene rings is 1. The van der Waals surface area contributed by atoms with Crippen LogP contribution in [0.3, 0.4) is 0 Å². The molecule has 0 saturated carbocycles. The monoisotopic (exact) mass is 208 g/mol. The molecule has 0 radical (unpaired) electrons. The lowest BCUT2D eigenvalue weighted by atomic mass is 10.1. The summed E-state index contributed by atoms with van der Waals surface area (Å²) in [6.45, 7) is 0.0204. The maximum atomic E-state index is 10.7. The summed E-state index contributed by atoms with van der Waals surface area (Å²) < 4.78 is 0. The standard InChI is InChI=1S/C10H12N2O3/c11-9-6-3-5-8(4-1-2-7-13)10(9)12(14)15/h1,3-6,13H,2,7,11H2. The summed E-state index contributed by atoms with van der Waals surface area (Å²) in [4.78, 5) is 10.2. The molecule has 0 amide bonds. The van der Waals surface area contributed by atoms with Crippen molar-refractivity contribution < 1.29 is 10.0 Å². The van der Waals surface area contributed by atoms with Gasteiger partial charge in [-0.3, -0.25) is 10.1 Å². The number of hydrogen-bond acceptors (Lipinski definition) is 4. The van der Waals surface area contributed by atoms with Crippen LogP contribution in [0.1, 0.15) is 12.0 Å². The molecule has 0 atom stereocenters. The van der Waals surface area contributed by atoms with Crippen LogP contribution in [0.2, 0.25) is 0 Å². The minimum atomic E-state index is -0.506. The van der Waals surface area contributed by atoms with Crippen LogP contribution < -0.4 is 5.73 Å². The first kappa shape index (κ1) is 11.2. The van der Waals surface area contributed by atoms with E-state index in [-0.39, 0.29) is 18.0 Å². The van der Waals surface area contributed by atoms with Crippen LogP contribution in [0.15, 0.2) is 24.3 Å². The molecule has 5 nitrogen and oxygen atoms in total. The lowest BCUT2D eigenvalue weighted by Gasteiger charge is -2.00. The van der Waals surface area contributed by atoms with Crippen LogP contribution in [0.4, 0.5) is 11.4 Å². The maximum Gasteiger partial charge on any atom is 0.299 e. The largest absolute Gasteiger partial charge is 0.396 e. The number of hydrogen-bond donors (Lipinski definition) is 2. The van der Waals surface area contributed by atoms with Crippen molar-refractivity contribution in [2.24, 2.45) is 0 Å². The Kier molecular flexibility index (Phi) is 3.82. The zero-order valence-electron chi connectivity index (χ0n) is 8.09. The second kappa shape index (κ2) is 5.11. The fourth-order valence-electron chi connectivity index (χ4n) is 1.21. The summed E-state index contributed by atoms with van der Waals surface area (Å²) in [6.07, 6.45) is 3.72. The lowest BCUT2D eigenvalue weighted by molar-refractivity contribution is -0.384. The van der Waals surface area contributed by atoms with Gasteiger partial charge in [0.25, 0.3) is 5.69 Å². The number of para-hydroxylation sites is 1. The van der Waals surface area contributed by atoms with E-state index >= 15 is 0 Å². The van der Waals surface area contributed by atoms with E-state index in [2.05, 4.69) is 0 Å². The van der Waals surface area contributed by atoms with Gasteiger partial charge in [-0.05, 0) is 18.6 Å². The van der Waals surface area contributed by atoms with Gasteiger partial charge in [0.05, 0.1) is 10.5 Å². The predicted octanol–water partition coefficient (Wildman–Crippen LogP) is 1.57. The molecule has 0 saturated heterocycles. The predicted molar refractivity (Wildman–Crippen MR) is 58.2 cm³/mol. The molecular weight excluding hydrogens is 196 g/mol. The molecule has 0 fully saturated rings. The van der Waals surface area contributed by atoms with Crippen molar-refractivity contribution >= 4 is 17.5 Å². The highest BCUT2D eigenvalue weighted by molar-refractivity contribution is 5.71. The summed E-state index contributed by atoms with van der Waals surface area (Å²) in [5, 5.41) is 19.3. The zero-order chi connectivity index (χ0) is 11.3. The molecule has 0 unspecified atom stereocenters. The van der Waals surface area contributed by atoms with Crippen molar-refractivity contribution in [2.45, 2.75) is 6.42 Å². The zero-order valence-corrected chi connectivity index (χ0v) is 8.09. The first-order valence-corrected chi connectivity index (χ1v) is 4.47. The molecule has 3 N–H and O–H groups in total. The summed E-state index contributed by atoms with van der Waals surface area (Å²) in [5.41, 5.74) is 6.01. The van der Waals surface area contributed by atoms with Crippen molar-refractivity contribution in [1.82, 2.24) is 0 Å². The Balaban J connectivity index is 3.06. The number of nitrogens with zero attached hydrogens (tertiary/aromatic N) is 1. The molecule has 0 aliphatic carbocycles. The Morgan fingerprint density at radius 1 is 1.53 bits per heavy atom. The number of anilines is 1. The number of aliphatic hydroxyl groups excluding tert-OH is 1. The van der Waals surface area contributed by atoms with Crippen molar-refractivity contribution in [3.8, 4) is 0 Å². The van der Waals surface area contributed by atoms with Crippen LogP contribution >= 0.6 is 0 Å². The van der Waals surface area contributed by atoms with E-state index in [0.717, 1.165) is 0 Å². The van der Waals surface area contributed by atoms with Crippen molar-refractivity contribution in [2.75, 3.05) is 12.3 Å². The van der Waals surface area contributed by atoms with Crippen molar-refractivity contribution in [3.05, 3.63) is 40.0 Å². The summed E-state index contributed by atoms with van der Waals surface area (Å²) in [7, 11) is 0. The fourth-order valence-corrected chi connectivity index (χ4v) is 1.21. The third kappa shape index (κ3) is 2.78. The Labute approximate surface area is 87.0 Å². The highest BCUT2D eigenvalue weighted by atomic mass is 16.6. The quantitative estimate of drug-likeness (QED) is 0.446. The molecule has 0 bridgehead atoms. The van der Waals surface area contributed by atoms with Crippen LogP contribution in [0, 0.1) is 10.1 Å². The molecule has 80 valence electrons. The van der Waals surface area contributed by atoms with E-state index in [9.17, 15) is 10.1 Å². The van der Waals surface area contributed by atoms with Crippen LogP contribution in [0.5, 0.6) is 0 Å². The number of nitro benzene ring substituents is 1. The Hall–Kier alpha value is -1.88. The second-order valence-electron chi connectivity index (χ2n) is 2.96. The Morgan fingerprint density at radius 3 is 2.87 bits per heavy atom. The second-order valence-corrected chi connectivity index (χ2v) is 2.96. The van der Waals surface area contributed by atoms with E-state index in [1.807, 2.05) is 0 Å².